The maximum atomic E-state index is 13.6. The van der Waals surface area contributed by atoms with Crippen LogP contribution in [0.2, 0.25) is 0 Å². The third-order valence-electron chi connectivity index (χ3n) is 29.7. The summed E-state index contributed by atoms with van der Waals surface area (Å²) in [6.07, 6.45) is 15.3. The van der Waals surface area contributed by atoms with E-state index in [1.165, 1.54) is 24.5 Å². The van der Waals surface area contributed by atoms with E-state index < -0.39 is 55.4 Å². The number of aliphatic hydroxyl groups is 1. The third kappa shape index (κ3) is 21.4. The largest absolute Gasteiger partial charge is 0.619 e. The van der Waals surface area contributed by atoms with Crippen molar-refractivity contribution in [3.63, 3.8) is 0 Å². The van der Waals surface area contributed by atoms with E-state index in [0.29, 0.717) is 74.8 Å². The number of methoxy groups -OCH3 is 1. The lowest BCUT2D eigenvalue weighted by molar-refractivity contribution is -0.350. The van der Waals surface area contributed by atoms with Crippen LogP contribution >= 0.6 is 0 Å². The first kappa shape index (κ1) is 98.7. The van der Waals surface area contributed by atoms with Gasteiger partial charge in [0.15, 0.2) is 0 Å². The average Bonchev–Trinajstić information content (AvgIpc) is 1.61. The fourth-order valence-corrected chi connectivity index (χ4v) is 33.7. The van der Waals surface area contributed by atoms with Gasteiger partial charge in [-0.3, -0.25) is 0 Å². The molecule has 0 aromatic heterocycles. The van der Waals surface area contributed by atoms with Crippen molar-refractivity contribution in [1.82, 2.24) is 21.5 Å². The summed E-state index contributed by atoms with van der Waals surface area (Å²) in [5.74, 6) is 4.77. The van der Waals surface area contributed by atoms with E-state index in [1.807, 2.05) is 76.2 Å². The molecule has 5 aliphatic carbocycles. The zero-order chi connectivity index (χ0) is 91.7. The zero-order valence-electron chi connectivity index (χ0n) is 79.5. The first-order chi connectivity index (χ1) is 56.1. The highest BCUT2D eigenvalue weighted by Gasteiger charge is 2.59. The van der Waals surface area contributed by atoms with Crippen molar-refractivity contribution in [2.75, 3.05) is 53.0 Å². The summed E-state index contributed by atoms with van der Waals surface area (Å²) in [5, 5.41) is 21.6. The van der Waals surface area contributed by atoms with Crippen LogP contribution in [0.25, 0.3) is 0 Å². The predicted octanol–water partition coefficient (Wildman–Crippen LogP) is 20.6. The fourth-order valence-electron chi connectivity index (χ4n) is 24.8. The van der Waals surface area contributed by atoms with Crippen LogP contribution in [0.1, 0.15) is 296 Å². The molecule has 24 heteroatoms. The van der Waals surface area contributed by atoms with E-state index in [-0.39, 0.29) is 94.9 Å². The van der Waals surface area contributed by atoms with E-state index >= 15 is 0 Å². The molecule has 15 rings (SSSR count). The van der Waals surface area contributed by atoms with E-state index in [2.05, 4.69) is 142 Å². The van der Waals surface area contributed by atoms with Gasteiger partial charge in [-0.15, -0.1) is 0 Å². The van der Waals surface area contributed by atoms with Crippen LogP contribution in [-0.4, -0.2) is 159 Å². The smallest absolute Gasteiger partial charge is 0.243 e. The number of fused-ring (bicyclic) bond motifs is 10. The molecule has 5 aliphatic heterocycles. The highest BCUT2D eigenvalue weighted by atomic mass is 32.2. The van der Waals surface area contributed by atoms with E-state index in [9.17, 15) is 48.2 Å². The third-order valence-corrected chi connectivity index (χ3v) is 39.5. The second-order valence-electron chi connectivity index (χ2n) is 46.5. The lowest BCUT2D eigenvalue weighted by atomic mass is 9.65. The Hall–Kier alpha value is -4.93. The summed E-state index contributed by atoms with van der Waals surface area (Å²) >= 11 is 0. The molecule has 0 spiro atoms. The minimum Gasteiger partial charge on any atom is -0.619 e. The van der Waals surface area contributed by atoms with Crippen molar-refractivity contribution in [3.05, 3.63) is 148 Å². The highest BCUT2D eigenvalue weighted by Crippen LogP contribution is 2.60. The summed E-state index contributed by atoms with van der Waals surface area (Å²) < 4.78 is 140. The van der Waals surface area contributed by atoms with E-state index in [0.717, 1.165) is 118 Å². The van der Waals surface area contributed by atoms with Crippen LogP contribution in [0.4, 0.5) is 5.69 Å². The highest BCUT2D eigenvalue weighted by molar-refractivity contribution is 7.98. The van der Waals surface area contributed by atoms with Gasteiger partial charge in [-0.1, -0.05) is 179 Å². The Labute approximate surface area is 743 Å². The number of piperidine rings is 1. The van der Waals surface area contributed by atoms with Crippen molar-refractivity contribution in [2.24, 2.45) is 60.1 Å². The molecule has 10 aliphatic rings. The number of rotatable bonds is 19. The van der Waals surface area contributed by atoms with Crippen molar-refractivity contribution in [1.29, 1.82) is 0 Å². The van der Waals surface area contributed by atoms with Gasteiger partial charge >= 0.3 is 0 Å². The number of benzene rings is 5. The lowest BCUT2D eigenvalue weighted by Crippen LogP contribution is -2.45. The molecule has 10 fully saturated rings. The van der Waals surface area contributed by atoms with Crippen molar-refractivity contribution >= 4 is 68.1 Å². The van der Waals surface area contributed by atoms with Crippen LogP contribution in [0.5, 0.6) is 0 Å². The molecule has 123 heavy (non-hydrogen) atoms. The summed E-state index contributed by atoms with van der Waals surface area (Å²) in [4.78, 5) is 2.17. The van der Waals surface area contributed by atoms with Gasteiger partial charge in [-0.2, -0.15) is 22.0 Å². The Morgan fingerprint density at radius 3 is 1.12 bits per heavy atom. The van der Waals surface area contributed by atoms with Gasteiger partial charge in [0.05, 0.1) is 46.6 Å². The first-order valence-corrected chi connectivity index (χ1v) is 52.4. The minimum absolute atomic E-state index is 0.0209. The first-order valence-electron chi connectivity index (χ1n) is 45.0. The predicted molar refractivity (Wildman–Crippen MR) is 499 cm³/mol. The number of hydrogen-bond donors (Lipinski definition) is 1. The minimum atomic E-state index is -3.61. The maximum absolute atomic E-state index is 13.6. The Balaban J connectivity index is 0.000000150. The monoisotopic (exact) mass is 1790 g/mol. The topological polar surface area (TPSA) is 235 Å². The lowest BCUT2D eigenvalue weighted by Gasteiger charge is -2.40. The van der Waals surface area contributed by atoms with Gasteiger partial charge in [0.2, 0.25) is 45.8 Å². The molecule has 19 nitrogen and oxygen atoms in total. The molecule has 1 N–H and O–H groups in total. The molecule has 5 saturated heterocycles. The average molecular weight is 1790 g/mol. The van der Waals surface area contributed by atoms with Crippen LogP contribution < -0.4 is 0 Å². The number of ether oxygens (including phenoxy) is 2. The Kier molecular flexibility index (Phi) is 27.3. The van der Waals surface area contributed by atoms with Gasteiger partial charge in [0, 0.05) is 93.7 Å². The molecule has 10 bridgehead atoms. The Morgan fingerprint density at radius 1 is 0.463 bits per heavy atom. The molecule has 12 unspecified atom stereocenters. The van der Waals surface area contributed by atoms with Crippen LogP contribution in [0.3, 0.4) is 0 Å². The summed E-state index contributed by atoms with van der Waals surface area (Å²) in [7, 11) is -14.7. The maximum Gasteiger partial charge on any atom is 0.243 e. The quantitative estimate of drug-likeness (QED) is 0.0267. The van der Waals surface area contributed by atoms with Crippen LogP contribution in [0, 0.1) is 72.2 Å². The molecule has 686 valence electrons. The Morgan fingerprint density at radius 2 is 0.789 bits per heavy atom. The van der Waals surface area contributed by atoms with E-state index in [1.54, 1.807) is 106 Å². The van der Waals surface area contributed by atoms with Gasteiger partial charge in [0.25, 0.3) is 0 Å². The van der Waals surface area contributed by atoms with Gasteiger partial charge in [-0.25, -0.2) is 42.2 Å². The van der Waals surface area contributed by atoms with Gasteiger partial charge < -0.3 is 19.8 Å². The molecule has 0 radical (unpaired) electrons. The number of nitrogens with zero attached hydrogens (tertiary/aromatic N) is 6. The van der Waals surface area contributed by atoms with Gasteiger partial charge in [-0.05, 0) is 293 Å². The molecular weight excluding hydrogens is 1640 g/mol. The molecule has 5 saturated carbocycles. The van der Waals surface area contributed by atoms with Crippen LogP contribution in [-0.2, 0) is 75.9 Å². The van der Waals surface area contributed by atoms with Crippen molar-refractivity contribution < 1.29 is 57.2 Å². The molecule has 5 aromatic rings. The molecule has 5 aromatic carbocycles. The Bertz CT molecular complexity index is 5270. The van der Waals surface area contributed by atoms with Crippen molar-refractivity contribution in [2.45, 2.75) is 341 Å². The fraction of sp³-hybridized carbons (Fsp3) is 0.677. The van der Waals surface area contributed by atoms with Gasteiger partial charge in [0.1, 0.15) is 6.72 Å². The molecule has 12 atom stereocenters. The normalized spacial score (nSPS) is 30.4. The molecular formula is C99H152N6O13S5. The standard InChI is InChI=1S/2C21H33NO2S.C20H31NO3S.C19H29NO3S.C18H26N2O3S/c1-19(2)14-21(5)12-17(19)13-22(15-21)25(7,23)18-10-8-16(9-11-18)20(3,4)24-6;1-7-20(4,5)16-8-10-18(11-9-16)25(23,24)22-15-21(6)13-17(22)12-19(2,3)14-21;1-6-24-15(2)16-7-9-18(10-8-16)25(22,23)21-14-20(5)12-17(21)11-19(3,4)13-20;1-17(2)10-15-11-19(5,12-17)13-20(15)24(22,23)16-8-6-14(7-9-16)18(3,4)21;1-13-6-7-15(8-16(13)19(5)21)24(22,23)20-12-18(4)10-14(20)9-17(2,3)11-18/h2*8-11,17H,7,12-15H2,1-6H3;7-10,15,17H,6,11-14H2,1-5H3;6-9,15,21H,10-13H2,1-5H3;6-8,14H,5,9-12H2,1-4H3. The van der Waals surface area contributed by atoms with Crippen LogP contribution in [0.15, 0.2) is 140 Å². The molecule has 5 heterocycles. The molecule has 0 amide bonds. The number of hydrogen-bond acceptors (Lipinski definition) is 13. The second-order valence-corrected chi connectivity index (χ2v) is 56.3. The summed E-state index contributed by atoms with van der Waals surface area (Å²) in [5.41, 5.74) is 5.45. The summed E-state index contributed by atoms with van der Waals surface area (Å²) in [6, 6.07) is 34.6. The summed E-state index contributed by atoms with van der Waals surface area (Å²) in [6.45, 7) is 61.9. The number of aryl methyl sites for hydroxylation is 1. The van der Waals surface area contributed by atoms with E-state index in [4.69, 9.17) is 9.47 Å². The number of sulfonamides is 4. The SMILES string of the molecule is C=S(=O)(c1ccc(C(C)(C)OC)cc1)N1CC2CC(C)(C1)CC2(C)C.C=[N+]([O-])c1cc(S(=O)(=O)N2CC3(C)CC2CC(C)(C)C3)ccc1C.CC1(C)CC2CC(C)(CN2S(=O)(=O)c2ccc(C(C)(C)O)cc2)C1.CCC(C)(C)c1ccc(S(=O)(=O)N2CC3(C)CC2CC(C)(C)C3)cc1.CCOC(C)c1ccc(S(=O)(=O)N2CC3(C)CC2CC(C)(C)C3)cc1. The zero-order valence-corrected chi connectivity index (χ0v) is 83.6. The second kappa shape index (κ2) is 34.1. The van der Waals surface area contributed by atoms with Crippen molar-refractivity contribution in [3.8, 4) is 0 Å².